The van der Waals surface area contributed by atoms with Gasteiger partial charge in [-0.25, -0.2) is 14.1 Å². The Morgan fingerprint density at radius 3 is 2.67 bits per heavy atom. The van der Waals surface area contributed by atoms with E-state index in [9.17, 15) is 19.1 Å². The zero-order chi connectivity index (χ0) is 20.0. The molecule has 15 nitrogen and oxygen atoms in total. The Balaban J connectivity index is 1.72. The molecule has 150 valence electrons. The summed E-state index contributed by atoms with van der Waals surface area (Å²) in [5, 5.41) is 10.1. The molecule has 17 heteroatoms. The molecule has 0 amide bonds. The SMILES string of the molecule is Nc1nc(N)c2ncn([C@H]3C[C@H](O)[C@@H](COP(=O)(O)OP(=O)(O)O)O3)c2n1. The second-order valence-electron chi connectivity index (χ2n) is 5.56. The van der Waals surface area contributed by atoms with Crippen molar-refractivity contribution in [3.8, 4) is 0 Å². The lowest BCUT2D eigenvalue weighted by molar-refractivity contribution is -0.0423. The first-order valence-electron chi connectivity index (χ1n) is 7.28. The van der Waals surface area contributed by atoms with Gasteiger partial charge in [0.25, 0.3) is 0 Å². The number of imidazole rings is 1. The average molecular weight is 426 g/mol. The molecule has 0 saturated carbocycles. The topological polar surface area (TPSA) is 238 Å². The van der Waals surface area contributed by atoms with E-state index >= 15 is 0 Å². The number of ether oxygens (including phenoxy) is 1. The van der Waals surface area contributed by atoms with E-state index in [-0.39, 0.29) is 29.4 Å². The van der Waals surface area contributed by atoms with Crippen molar-refractivity contribution in [3.05, 3.63) is 6.33 Å². The minimum Gasteiger partial charge on any atom is -0.390 e. The number of nitrogens with two attached hydrogens (primary N) is 2. The van der Waals surface area contributed by atoms with Crippen LogP contribution in [-0.4, -0.2) is 58.1 Å². The Labute approximate surface area is 150 Å². The highest BCUT2D eigenvalue weighted by molar-refractivity contribution is 7.60. The van der Waals surface area contributed by atoms with Gasteiger partial charge in [0.1, 0.15) is 17.8 Å². The lowest BCUT2D eigenvalue weighted by Crippen LogP contribution is -2.26. The molecule has 0 radical (unpaired) electrons. The smallest absolute Gasteiger partial charge is 0.390 e. The van der Waals surface area contributed by atoms with E-state index in [1.165, 1.54) is 10.9 Å². The summed E-state index contributed by atoms with van der Waals surface area (Å²) in [6, 6.07) is 0. The zero-order valence-electron chi connectivity index (χ0n) is 13.4. The van der Waals surface area contributed by atoms with Crippen molar-refractivity contribution in [3.63, 3.8) is 0 Å². The van der Waals surface area contributed by atoms with Crippen LogP contribution in [0.4, 0.5) is 11.8 Å². The third-order valence-electron chi connectivity index (χ3n) is 3.59. The molecule has 0 spiro atoms. The minimum atomic E-state index is -5.24. The van der Waals surface area contributed by atoms with E-state index in [0.717, 1.165) is 0 Å². The molecule has 1 unspecified atom stereocenters. The number of anilines is 2. The Bertz CT molecular complexity index is 947. The highest BCUT2D eigenvalue weighted by Crippen LogP contribution is 2.57. The van der Waals surface area contributed by atoms with Crippen molar-refractivity contribution in [2.75, 3.05) is 18.1 Å². The predicted octanol–water partition coefficient (Wildman–Crippen LogP) is -1.13. The summed E-state index contributed by atoms with van der Waals surface area (Å²) in [5.74, 6) is -0.0264. The summed E-state index contributed by atoms with van der Waals surface area (Å²) in [5.41, 5.74) is 11.8. The number of nitrogens with zero attached hydrogens (tertiary/aromatic N) is 4. The lowest BCUT2D eigenvalue weighted by Gasteiger charge is -2.18. The van der Waals surface area contributed by atoms with Crippen LogP contribution in [0.15, 0.2) is 6.33 Å². The third-order valence-corrected chi connectivity index (χ3v) is 5.74. The van der Waals surface area contributed by atoms with Crippen molar-refractivity contribution < 1.29 is 42.5 Å². The summed E-state index contributed by atoms with van der Waals surface area (Å²) < 4.78 is 37.2. The zero-order valence-corrected chi connectivity index (χ0v) is 15.2. The largest absolute Gasteiger partial charge is 0.481 e. The Kier molecular flexibility index (Phi) is 5.24. The molecule has 3 heterocycles. The Morgan fingerprint density at radius 1 is 1.30 bits per heavy atom. The standard InChI is InChI=1S/C10H16N6O9P2/c11-8-7-9(15-10(12)14-8)16(3-13-7)6-1-4(17)5(24-6)2-23-27(21,22)25-26(18,19)20/h3-6,17H,1-2H2,(H,21,22)(H2,18,19,20)(H4,11,12,14,15)/t4-,5+,6+/m0/s1. The molecule has 1 aliphatic rings. The van der Waals surface area contributed by atoms with Gasteiger partial charge in [-0.05, 0) is 0 Å². The summed E-state index contributed by atoms with van der Waals surface area (Å²) in [6.07, 6.45) is -1.61. The van der Waals surface area contributed by atoms with Crippen LogP contribution in [-0.2, 0) is 22.7 Å². The third kappa shape index (κ3) is 4.60. The van der Waals surface area contributed by atoms with Crippen molar-refractivity contribution in [2.45, 2.75) is 24.9 Å². The highest BCUT2D eigenvalue weighted by atomic mass is 31.3. The van der Waals surface area contributed by atoms with Crippen LogP contribution in [0.5, 0.6) is 0 Å². The van der Waals surface area contributed by atoms with Crippen LogP contribution in [0.1, 0.15) is 12.6 Å². The maximum absolute atomic E-state index is 11.5. The average Bonchev–Trinajstić information content (AvgIpc) is 3.06. The van der Waals surface area contributed by atoms with Crippen LogP contribution in [0.3, 0.4) is 0 Å². The molecule has 4 atom stereocenters. The quantitative estimate of drug-likeness (QED) is 0.300. The number of phosphoric ester groups is 1. The highest BCUT2D eigenvalue weighted by Gasteiger charge is 2.39. The van der Waals surface area contributed by atoms with Crippen molar-refractivity contribution >= 4 is 38.6 Å². The summed E-state index contributed by atoms with van der Waals surface area (Å²) >= 11 is 0. The predicted molar refractivity (Wildman–Crippen MR) is 87.6 cm³/mol. The van der Waals surface area contributed by atoms with Crippen molar-refractivity contribution in [1.82, 2.24) is 19.5 Å². The van der Waals surface area contributed by atoms with E-state index in [1.54, 1.807) is 0 Å². The number of aromatic nitrogens is 4. The number of aliphatic hydroxyl groups is 1. The van der Waals surface area contributed by atoms with Gasteiger partial charge in [0.15, 0.2) is 11.5 Å². The van der Waals surface area contributed by atoms with Gasteiger partial charge in [0.2, 0.25) is 5.95 Å². The monoisotopic (exact) mass is 426 g/mol. The van der Waals surface area contributed by atoms with Gasteiger partial charge in [-0.3, -0.25) is 9.09 Å². The molecule has 0 aromatic carbocycles. The van der Waals surface area contributed by atoms with Crippen LogP contribution in [0.2, 0.25) is 0 Å². The summed E-state index contributed by atoms with van der Waals surface area (Å²) in [4.78, 5) is 38.2. The molecule has 0 bridgehead atoms. The van der Waals surface area contributed by atoms with Crippen molar-refractivity contribution in [2.24, 2.45) is 0 Å². The normalized spacial score (nSPS) is 25.7. The first-order valence-corrected chi connectivity index (χ1v) is 10.3. The van der Waals surface area contributed by atoms with Gasteiger partial charge < -0.3 is 36.0 Å². The molecule has 0 aliphatic carbocycles. The molecule has 1 fully saturated rings. The van der Waals surface area contributed by atoms with Crippen molar-refractivity contribution in [1.29, 1.82) is 0 Å². The van der Waals surface area contributed by atoms with E-state index in [4.69, 9.17) is 26.0 Å². The van der Waals surface area contributed by atoms with Gasteiger partial charge in [0.05, 0.1) is 19.0 Å². The molecule has 8 N–H and O–H groups in total. The summed E-state index contributed by atoms with van der Waals surface area (Å²) in [7, 11) is -10.3. The Hall–Kier alpha value is -1.67. The van der Waals surface area contributed by atoms with Crippen LogP contribution >= 0.6 is 15.6 Å². The van der Waals surface area contributed by atoms with Gasteiger partial charge in [-0.2, -0.15) is 14.3 Å². The fourth-order valence-corrected chi connectivity index (χ4v) is 4.13. The number of fused-ring (bicyclic) bond motifs is 1. The molecule has 3 rings (SSSR count). The second kappa shape index (κ2) is 7.05. The fraction of sp³-hybridized carbons (Fsp3) is 0.500. The second-order valence-corrected chi connectivity index (χ2v) is 8.39. The van der Waals surface area contributed by atoms with Crippen LogP contribution in [0.25, 0.3) is 11.2 Å². The molecular weight excluding hydrogens is 410 g/mol. The molecule has 2 aromatic rings. The van der Waals surface area contributed by atoms with E-state index < -0.39 is 40.7 Å². The van der Waals surface area contributed by atoms with E-state index in [1.807, 2.05) is 0 Å². The van der Waals surface area contributed by atoms with Gasteiger partial charge in [0, 0.05) is 6.42 Å². The lowest BCUT2D eigenvalue weighted by atomic mass is 10.2. The van der Waals surface area contributed by atoms with Gasteiger partial charge >= 0.3 is 15.6 Å². The number of phosphoric acid groups is 2. The Morgan fingerprint density at radius 2 is 2.00 bits per heavy atom. The number of hydrogen-bond donors (Lipinski definition) is 6. The number of aliphatic hydroxyl groups excluding tert-OH is 1. The molecular formula is C10H16N6O9P2. The minimum absolute atomic E-state index is 0.0401. The number of hydrogen-bond acceptors (Lipinski definition) is 11. The molecule has 2 aromatic heterocycles. The molecule has 1 saturated heterocycles. The van der Waals surface area contributed by atoms with E-state index in [0.29, 0.717) is 0 Å². The molecule has 1 aliphatic heterocycles. The van der Waals surface area contributed by atoms with Gasteiger partial charge in [-0.1, -0.05) is 0 Å². The maximum Gasteiger partial charge on any atom is 0.481 e. The first-order chi connectivity index (χ1) is 12.5. The maximum atomic E-state index is 11.5. The number of nitrogen functional groups attached to an aromatic ring is 2. The first kappa shape index (κ1) is 20.1. The van der Waals surface area contributed by atoms with Crippen LogP contribution < -0.4 is 11.5 Å². The summed E-state index contributed by atoms with van der Waals surface area (Å²) in [6.45, 7) is -0.669. The fourth-order valence-electron chi connectivity index (χ4n) is 2.53. The number of rotatable bonds is 6. The van der Waals surface area contributed by atoms with Gasteiger partial charge in [-0.15, -0.1) is 0 Å². The van der Waals surface area contributed by atoms with E-state index in [2.05, 4.69) is 23.8 Å². The molecule has 27 heavy (non-hydrogen) atoms. The van der Waals surface area contributed by atoms with Crippen LogP contribution in [0, 0.1) is 0 Å².